The zero-order valence-corrected chi connectivity index (χ0v) is 14.8. The van der Waals surface area contributed by atoms with E-state index in [1.54, 1.807) is 11.3 Å². The Morgan fingerprint density at radius 3 is 2.84 bits per heavy atom. The number of aryl methyl sites for hydroxylation is 1. The number of rotatable bonds is 4. The van der Waals surface area contributed by atoms with Crippen molar-refractivity contribution in [1.82, 2.24) is 9.88 Å². The van der Waals surface area contributed by atoms with E-state index in [4.69, 9.17) is 10.2 Å². The van der Waals surface area contributed by atoms with Crippen LogP contribution in [0.25, 0.3) is 10.8 Å². The van der Waals surface area contributed by atoms with Crippen LogP contribution in [0.3, 0.4) is 0 Å². The number of carbonyl (C=O) groups excluding carboxylic acids is 1. The van der Waals surface area contributed by atoms with Gasteiger partial charge in [-0.15, -0.1) is 11.3 Å². The lowest BCUT2D eigenvalue weighted by Crippen LogP contribution is -2.48. The van der Waals surface area contributed by atoms with E-state index in [1.807, 2.05) is 36.6 Å². The van der Waals surface area contributed by atoms with Crippen LogP contribution in [0.5, 0.6) is 0 Å². The minimum Gasteiger partial charge on any atom is -0.440 e. The first kappa shape index (κ1) is 16.1. The molecule has 0 bridgehead atoms. The summed E-state index contributed by atoms with van der Waals surface area (Å²) in [7, 11) is 0. The van der Waals surface area contributed by atoms with Crippen molar-refractivity contribution >= 4 is 17.2 Å². The molecule has 1 aromatic carbocycles. The summed E-state index contributed by atoms with van der Waals surface area (Å²) in [5.41, 5.74) is 8.95. The molecule has 0 saturated heterocycles. The van der Waals surface area contributed by atoms with Crippen molar-refractivity contribution in [3.63, 3.8) is 0 Å². The molecule has 4 rings (SSSR count). The third-order valence-corrected chi connectivity index (χ3v) is 5.51. The summed E-state index contributed by atoms with van der Waals surface area (Å²) in [4.78, 5) is 19.7. The molecule has 3 heterocycles. The summed E-state index contributed by atoms with van der Waals surface area (Å²) in [5, 5.41) is 2.00. The molecule has 128 valence electrons. The molecule has 1 aliphatic heterocycles. The third kappa shape index (κ3) is 3.10. The number of fused-ring (bicyclic) bond motifs is 1. The fourth-order valence-electron chi connectivity index (χ4n) is 3.30. The minimum absolute atomic E-state index is 0.297. The van der Waals surface area contributed by atoms with E-state index in [1.165, 1.54) is 11.1 Å². The van der Waals surface area contributed by atoms with Crippen LogP contribution in [0.4, 0.5) is 0 Å². The number of aromatic nitrogens is 1. The molecule has 3 aromatic rings. The Morgan fingerprint density at radius 1 is 1.32 bits per heavy atom. The van der Waals surface area contributed by atoms with Gasteiger partial charge in [-0.05, 0) is 35.9 Å². The molecule has 0 saturated carbocycles. The highest BCUT2D eigenvalue weighted by Crippen LogP contribution is 2.29. The normalized spacial score (nSPS) is 17.4. The summed E-state index contributed by atoms with van der Waals surface area (Å²) >= 11 is 1.60. The zero-order chi connectivity index (χ0) is 17.4. The number of amides is 1. The van der Waals surface area contributed by atoms with Crippen LogP contribution >= 0.6 is 11.3 Å². The predicted octanol–water partition coefficient (Wildman–Crippen LogP) is 3.12. The summed E-state index contributed by atoms with van der Waals surface area (Å²) in [6, 6.07) is 11.8. The topological polar surface area (TPSA) is 72.4 Å². The van der Waals surface area contributed by atoms with Crippen LogP contribution in [0, 0.1) is 6.92 Å². The van der Waals surface area contributed by atoms with Gasteiger partial charge >= 0.3 is 0 Å². The van der Waals surface area contributed by atoms with Gasteiger partial charge in [0, 0.05) is 13.1 Å². The van der Waals surface area contributed by atoms with Gasteiger partial charge in [-0.1, -0.05) is 30.3 Å². The zero-order valence-electron chi connectivity index (χ0n) is 13.9. The SMILES string of the molecule is Cc1oc(-c2cccs2)nc1CN1Cc2ccccc2C[C@@H]1C(N)=O. The molecular weight excluding hydrogens is 334 g/mol. The molecule has 1 amide bonds. The first-order valence-electron chi connectivity index (χ1n) is 8.22. The highest BCUT2D eigenvalue weighted by atomic mass is 32.1. The van der Waals surface area contributed by atoms with Crippen LogP contribution in [0.2, 0.25) is 0 Å². The van der Waals surface area contributed by atoms with E-state index >= 15 is 0 Å². The van der Waals surface area contributed by atoms with Crippen LogP contribution in [0.1, 0.15) is 22.6 Å². The Morgan fingerprint density at radius 2 is 2.12 bits per heavy atom. The second-order valence-corrected chi connectivity index (χ2v) is 7.24. The Balaban J connectivity index is 1.62. The van der Waals surface area contributed by atoms with Crippen molar-refractivity contribution < 1.29 is 9.21 Å². The van der Waals surface area contributed by atoms with Gasteiger partial charge in [-0.25, -0.2) is 4.98 Å². The Kier molecular flexibility index (Phi) is 4.15. The minimum atomic E-state index is -0.323. The van der Waals surface area contributed by atoms with Crippen LogP contribution in [-0.4, -0.2) is 21.8 Å². The first-order valence-corrected chi connectivity index (χ1v) is 9.10. The van der Waals surface area contributed by atoms with E-state index < -0.39 is 0 Å². The fourth-order valence-corrected chi connectivity index (χ4v) is 3.95. The maximum Gasteiger partial charge on any atom is 0.236 e. The number of hydrogen-bond donors (Lipinski definition) is 1. The number of oxazole rings is 1. The number of carbonyl (C=O) groups is 1. The Hall–Kier alpha value is -2.44. The van der Waals surface area contributed by atoms with Gasteiger partial charge in [0.2, 0.25) is 11.8 Å². The molecule has 2 aromatic heterocycles. The maximum atomic E-state index is 12.0. The van der Waals surface area contributed by atoms with Gasteiger partial charge in [0.15, 0.2) is 0 Å². The van der Waals surface area contributed by atoms with Gasteiger partial charge in [0.25, 0.3) is 0 Å². The number of benzene rings is 1. The Labute approximate surface area is 150 Å². The summed E-state index contributed by atoms with van der Waals surface area (Å²) in [5.74, 6) is 1.12. The summed E-state index contributed by atoms with van der Waals surface area (Å²) in [6.07, 6.45) is 0.639. The molecule has 1 atom stereocenters. The molecule has 0 unspecified atom stereocenters. The van der Waals surface area contributed by atoms with Crippen molar-refractivity contribution in [2.24, 2.45) is 5.73 Å². The third-order valence-electron chi connectivity index (χ3n) is 4.65. The van der Waals surface area contributed by atoms with Crippen molar-refractivity contribution in [3.05, 3.63) is 64.4 Å². The lowest BCUT2D eigenvalue weighted by molar-refractivity contribution is -0.124. The molecule has 0 radical (unpaired) electrons. The van der Waals surface area contributed by atoms with E-state index in [0.29, 0.717) is 25.4 Å². The number of nitrogens with two attached hydrogens (primary N) is 1. The molecule has 0 spiro atoms. The van der Waals surface area contributed by atoms with Gasteiger partial charge in [0.1, 0.15) is 5.76 Å². The molecule has 25 heavy (non-hydrogen) atoms. The second-order valence-electron chi connectivity index (χ2n) is 6.30. The second kappa shape index (κ2) is 6.46. The number of nitrogens with zero attached hydrogens (tertiary/aromatic N) is 2. The lowest BCUT2D eigenvalue weighted by atomic mass is 9.93. The van der Waals surface area contributed by atoms with Gasteiger partial charge in [-0.2, -0.15) is 0 Å². The van der Waals surface area contributed by atoms with Crippen molar-refractivity contribution in [2.45, 2.75) is 32.5 Å². The smallest absolute Gasteiger partial charge is 0.236 e. The predicted molar refractivity (Wildman–Crippen MR) is 96.9 cm³/mol. The van der Waals surface area contributed by atoms with Gasteiger partial charge < -0.3 is 10.2 Å². The number of hydrogen-bond acceptors (Lipinski definition) is 5. The average molecular weight is 353 g/mol. The van der Waals surface area contributed by atoms with E-state index in [9.17, 15) is 4.79 Å². The molecular formula is C19H19N3O2S. The van der Waals surface area contributed by atoms with E-state index in [2.05, 4.69) is 22.0 Å². The van der Waals surface area contributed by atoms with Crippen LogP contribution in [0.15, 0.2) is 46.2 Å². The van der Waals surface area contributed by atoms with E-state index in [-0.39, 0.29) is 11.9 Å². The molecule has 1 aliphatic rings. The van der Waals surface area contributed by atoms with Gasteiger partial charge in [0.05, 0.1) is 16.6 Å². The summed E-state index contributed by atoms with van der Waals surface area (Å²) in [6.45, 7) is 3.14. The maximum absolute atomic E-state index is 12.0. The van der Waals surface area contributed by atoms with Crippen LogP contribution < -0.4 is 5.73 Å². The average Bonchev–Trinajstić information content (AvgIpc) is 3.24. The molecule has 6 heteroatoms. The summed E-state index contributed by atoms with van der Waals surface area (Å²) < 4.78 is 5.82. The highest BCUT2D eigenvalue weighted by molar-refractivity contribution is 7.13. The largest absolute Gasteiger partial charge is 0.440 e. The van der Waals surface area contributed by atoms with E-state index in [0.717, 1.165) is 16.3 Å². The quantitative estimate of drug-likeness (QED) is 0.782. The standard InChI is InChI=1S/C19H19N3O2S/c1-12-15(21-19(24-12)17-7-4-8-25-17)11-22-10-14-6-3-2-5-13(14)9-16(22)18(20)23/h2-8,16H,9-11H2,1H3,(H2,20,23)/t16-/m1/s1. The Bertz CT molecular complexity index is 901. The first-order chi connectivity index (χ1) is 12.1. The molecule has 0 aliphatic carbocycles. The monoisotopic (exact) mass is 353 g/mol. The number of primary amides is 1. The highest BCUT2D eigenvalue weighted by Gasteiger charge is 2.31. The molecule has 2 N–H and O–H groups in total. The number of thiophene rings is 1. The molecule has 0 fully saturated rings. The van der Waals surface area contributed by atoms with Crippen molar-refractivity contribution in [2.75, 3.05) is 0 Å². The lowest BCUT2D eigenvalue weighted by Gasteiger charge is -2.34. The van der Waals surface area contributed by atoms with Gasteiger partial charge in [-0.3, -0.25) is 9.69 Å². The van der Waals surface area contributed by atoms with Crippen LogP contribution in [-0.2, 0) is 24.3 Å². The fraction of sp³-hybridized carbons (Fsp3) is 0.263. The van der Waals surface area contributed by atoms with Crippen molar-refractivity contribution in [3.8, 4) is 10.8 Å². The molecule has 5 nitrogen and oxygen atoms in total. The van der Waals surface area contributed by atoms with Crippen molar-refractivity contribution in [1.29, 1.82) is 0 Å².